The van der Waals surface area contributed by atoms with E-state index in [1.165, 1.54) is 21.0 Å². The van der Waals surface area contributed by atoms with Crippen molar-refractivity contribution in [3.8, 4) is 5.75 Å². The van der Waals surface area contributed by atoms with Gasteiger partial charge < -0.3 is 24.4 Å². The highest BCUT2D eigenvalue weighted by atomic mass is 16.6. The third kappa shape index (κ3) is 4.51. The summed E-state index contributed by atoms with van der Waals surface area (Å²) in [5, 5.41) is 22.8. The van der Waals surface area contributed by atoms with Crippen molar-refractivity contribution in [3.05, 3.63) is 29.8 Å². The summed E-state index contributed by atoms with van der Waals surface area (Å²) in [5.74, 6) is -2.17. The summed E-state index contributed by atoms with van der Waals surface area (Å²) in [6.45, 7) is 8.03. The second-order valence-electron chi connectivity index (χ2n) is 10.2. The molecule has 6 atom stereocenters. The van der Waals surface area contributed by atoms with Crippen LogP contribution >= 0.6 is 0 Å². The van der Waals surface area contributed by atoms with Gasteiger partial charge in [-0.2, -0.15) is 0 Å². The molecule has 2 aliphatic rings. The fraction of sp³-hybridized carbons (Fsp3) is 0.640. The summed E-state index contributed by atoms with van der Waals surface area (Å²) in [6.07, 6.45) is -2.10. The number of hydrogen-bond donors (Lipinski definition) is 2. The molecule has 2 fully saturated rings. The maximum atomic E-state index is 13.5. The molecule has 0 radical (unpaired) electrons. The molecule has 6 unspecified atom stereocenters. The average Bonchev–Trinajstić information content (AvgIpc) is 2.90. The van der Waals surface area contributed by atoms with Crippen LogP contribution in [-0.2, 0) is 19.1 Å². The van der Waals surface area contributed by atoms with Crippen LogP contribution in [0.3, 0.4) is 0 Å². The summed E-state index contributed by atoms with van der Waals surface area (Å²) in [7, 11) is 1.52. The van der Waals surface area contributed by atoms with Gasteiger partial charge in [-0.05, 0) is 44.0 Å². The molecular formula is C25H34O8. The lowest BCUT2D eigenvalue weighted by Gasteiger charge is -2.42. The first-order valence-electron chi connectivity index (χ1n) is 11.2. The molecule has 1 aromatic carbocycles. The van der Waals surface area contributed by atoms with Gasteiger partial charge >= 0.3 is 11.9 Å². The minimum atomic E-state index is -1.46. The Morgan fingerprint density at radius 3 is 2.18 bits per heavy atom. The zero-order valence-electron chi connectivity index (χ0n) is 20.1. The second-order valence-corrected chi connectivity index (χ2v) is 10.2. The third-order valence-electron chi connectivity index (χ3n) is 7.41. The van der Waals surface area contributed by atoms with Crippen molar-refractivity contribution < 1.29 is 38.8 Å². The molecule has 0 amide bonds. The zero-order chi connectivity index (χ0) is 24.8. The van der Waals surface area contributed by atoms with Gasteiger partial charge in [0.05, 0.1) is 29.3 Å². The van der Waals surface area contributed by atoms with Gasteiger partial charge in [0, 0.05) is 32.1 Å². The highest BCUT2D eigenvalue weighted by Crippen LogP contribution is 2.59. The smallest absolute Gasteiger partial charge is 0.338 e. The first-order valence-corrected chi connectivity index (χ1v) is 11.2. The monoisotopic (exact) mass is 462 g/mol. The molecule has 0 bridgehead atoms. The number of esters is 2. The largest absolute Gasteiger partial charge is 0.497 e. The molecular weight excluding hydrogens is 428 g/mol. The number of aliphatic hydroxyl groups is 2. The maximum Gasteiger partial charge on any atom is 0.338 e. The molecule has 3 rings (SSSR count). The Labute approximate surface area is 194 Å². The van der Waals surface area contributed by atoms with Crippen molar-refractivity contribution in [3.63, 3.8) is 0 Å². The van der Waals surface area contributed by atoms with E-state index >= 15 is 0 Å². The molecule has 2 saturated carbocycles. The van der Waals surface area contributed by atoms with Gasteiger partial charge in [0.15, 0.2) is 0 Å². The molecule has 0 spiro atoms. The predicted octanol–water partition coefficient (Wildman–Crippen LogP) is 2.68. The normalized spacial score (nSPS) is 36.2. The Balaban J connectivity index is 2.07. The van der Waals surface area contributed by atoms with Crippen molar-refractivity contribution in [2.45, 2.75) is 77.3 Å². The standard InChI is InChI=1S/C25H34O8/c1-14(2)25(30)13-20(32-15(3)26)24(5)19(27)12-23(4,29)11-18(21(24)25)33-22(28)16-7-9-17(31-6)10-8-16/h7-10,14,18,20-21,29-30H,11-13H2,1-6H3. The zero-order valence-corrected chi connectivity index (χ0v) is 20.1. The fourth-order valence-electron chi connectivity index (χ4n) is 5.58. The van der Waals surface area contributed by atoms with E-state index < -0.39 is 46.7 Å². The Morgan fingerprint density at radius 1 is 1.06 bits per heavy atom. The van der Waals surface area contributed by atoms with Crippen LogP contribution in [0.4, 0.5) is 0 Å². The molecule has 8 heteroatoms. The molecule has 2 N–H and O–H groups in total. The molecule has 0 aromatic heterocycles. The van der Waals surface area contributed by atoms with Gasteiger partial charge in [0.1, 0.15) is 23.7 Å². The molecule has 182 valence electrons. The lowest BCUT2D eigenvalue weighted by molar-refractivity contribution is -0.159. The quantitative estimate of drug-likeness (QED) is 0.641. The number of ketones is 1. The van der Waals surface area contributed by atoms with E-state index in [1.807, 2.05) is 13.8 Å². The van der Waals surface area contributed by atoms with Gasteiger partial charge in [-0.1, -0.05) is 13.8 Å². The van der Waals surface area contributed by atoms with Crippen molar-refractivity contribution in [1.82, 2.24) is 0 Å². The van der Waals surface area contributed by atoms with Gasteiger partial charge in [-0.15, -0.1) is 0 Å². The number of methoxy groups -OCH3 is 1. The highest BCUT2D eigenvalue weighted by molar-refractivity contribution is 5.90. The predicted molar refractivity (Wildman–Crippen MR) is 119 cm³/mol. The highest BCUT2D eigenvalue weighted by Gasteiger charge is 2.69. The first-order chi connectivity index (χ1) is 15.2. The number of rotatable bonds is 5. The summed E-state index contributed by atoms with van der Waals surface area (Å²) >= 11 is 0. The van der Waals surface area contributed by atoms with Crippen molar-refractivity contribution in [2.24, 2.45) is 17.3 Å². The van der Waals surface area contributed by atoms with E-state index in [-0.39, 0.29) is 36.5 Å². The van der Waals surface area contributed by atoms with E-state index in [0.29, 0.717) is 5.75 Å². The molecule has 0 heterocycles. The van der Waals surface area contributed by atoms with Crippen LogP contribution in [0.25, 0.3) is 0 Å². The van der Waals surface area contributed by atoms with E-state index in [4.69, 9.17) is 14.2 Å². The fourth-order valence-corrected chi connectivity index (χ4v) is 5.58. The number of fused-ring (bicyclic) bond motifs is 1. The van der Waals surface area contributed by atoms with Crippen molar-refractivity contribution in [1.29, 1.82) is 0 Å². The van der Waals surface area contributed by atoms with Crippen LogP contribution in [0, 0.1) is 17.3 Å². The van der Waals surface area contributed by atoms with Crippen LogP contribution in [-0.4, -0.2) is 58.5 Å². The Morgan fingerprint density at radius 2 is 1.67 bits per heavy atom. The van der Waals surface area contributed by atoms with Crippen molar-refractivity contribution >= 4 is 17.7 Å². The number of carbonyl (C=O) groups is 3. The van der Waals surface area contributed by atoms with Crippen LogP contribution < -0.4 is 4.74 Å². The van der Waals surface area contributed by atoms with Gasteiger partial charge in [0.2, 0.25) is 0 Å². The Bertz CT molecular complexity index is 921. The molecule has 2 aliphatic carbocycles. The maximum absolute atomic E-state index is 13.5. The van der Waals surface area contributed by atoms with Crippen LogP contribution in [0.2, 0.25) is 0 Å². The van der Waals surface area contributed by atoms with E-state index in [1.54, 1.807) is 31.2 Å². The molecule has 1 aromatic rings. The van der Waals surface area contributed by atoms with Crippen LogP contribution in [0.5, 0.6) is 5.75 Å². The van der Waals surface area contributed by atoms with E-state index in [2.05, 4.69) is 0 Å². The minimum absolute atomic E-state index is 0.0376. The van der Waals surface area contributed by atoms with Gasteiger partial charge in [-0.25, -0.2) is 4.79 Å². The molecule has 0 aliphatic heterocycles. The lowest BCUT2D eigenvalue weighted by Crippen LogP contribution is -2.53. The van der Waals surface area contributed by atoms with E-state index in [9.17, 15) is 24.6 Å². The summed E-state index contributed by atoms with van der Waals surface area (Å²) in [4.78, 5) is 38.4. The Kier molecular flexibility index (Phi) is 6.65. The average molecular weight is 463 g/mol. The van der Waals surface area contributed by atoms with E-state index in [0.717, 1.165) is 0 Å². The SMILES string of the molecule is COc1ccc(C(=O)OC2CC(C)(O)CC(=O)C3(C)C(OC(C)=O)CC(O)(C(C)C)C23)cc1. The van der Waals surface area contributed by atoms with Gasteiger partial charge in [-0.3, -0.25) is 9.59 Å². The lowest BCUT2D eigenvalue weighted by atomic mass is 9.67. The summed E-state index contributed by atoms with van der Waals surface area (Å²) in [6, 6.07) is 6.38. The number of benzene rings is 1. The summed E-state index contributed by atoms with van der Waals surface area (Å²) < 4.78 is 16.6. The third-order valence-corrected chi connectivity index (χ3v) is 7.41. The molecule has 0 saturated heterocycles. The van der Waals surface area contributed by atoms with Crippen molar-refractivity contribution in [2.75, 3.05) is 7.11 Å². The topological polar surface area (TPSA) is 119 Å². The number of ether oxygens (including phenoxy) is 3. The molecule has 33 heavy (non-hydrogen) atoms. The minimum Gasteiger partial charge on any atom is -0.497 e. The van der Waals surface area contributed by atoms with Crippen LogP contribution in [0.1, 0.15) is 64.2 Å². The molecule has 8 nitrogen and oxygen atoms in total. The van der Waals surface area contributed by atoms with Gasteiger partial charge in [0.25, 0.3) is 0 Å². The summed E-state index contributed by atoms with van der Waals surface area (Å²) in [5.41, 5.74) is -3.99. The Hall–Kier alpha value is -2.45. The van der Waals surface area contributed by atoms with Crippen LogP contribution in [0.15, 0.2) is 24.3 Å². The number of carbonyl (C=O) groups excluding carboxylic acids is 3. The first kappa shape index (κ1) is 25.2. The number of Topliss-reactive ketones (excluding diaryl/α,β-unsaturated/α-hetero) is 1. The second kappa shape index (κ2) is 8.72. The number of hydrogen-bond acceptors (Lipinski definition) is 8.